The van der Waals surface area contributed by atoms with E-state index in [1.807, 2.05) is 13.1 Å². The fourth-order valence-electron chi connectivity index (χ4n) is 1.21. The molecule has 0 N–H and O–H groups in total. The number of rotatable bonds is 3. The lowest BCUT2D eigenvalue weighted by molar-refractivity contribution is 0.178. The summed E-state index contributed by atoms with van der Waals surface area (Å²) in [6.45, 7) is 5.72. The van der Waals surface area contributed by atoms with Crippen molar-refractivity contribution < 1.29 is 4.74 Å². The van der Waals surface area contributed by atoms with Crippen molar-refractivity contribution in [3.63, 3.8) is 0 Å². The number of aromatic nitrogens is 2. The van der Waals surface area contributed by atoms with Crippen LogP contribution in [0.4, 0.5) is 0 Å². The van der Waals surface area contributed by atoms with Gasteiger partial charge in [-0.15, -0.1) is 0 Å². The highest BCUT2D eigenvalue weighted by Crippen LogP contribution is 2.04. The third-order valence-electron chi connectivity index (χ3n) is 1.75. The normalized spacial score (nSPS) is 10.5. The Labute approximate surface area is 67.0 Å². The molecule has 1 rings (SSSR count). The number of aryl methyl sites for hydroxylation is 1. The number of hydrogen-bond acceptors (Lipinski definition) is 2. The van der Waals surface area contributed by atoms with E-state index in [-0.39, 0.29) is 0 Å². The number of hydrogen-bond donors (Lipinski definition) is 0. The smallest absolute Gasteiger partial charge is 0.105 e. The van der Waals surface area contributed by atoms with E-state index in [0.29, 0.717) is 6.61 Å². The van der Waals surface area contributed by atoms with Crippen LogP contribution >= 0.6 is 0 Å². The van der Waals surface area contributed by atoms with Crippen LogP contribution in [0.3, 0.4) is 0 Å². The molecule has 0 spiro atoms. The average molecular weight is 154 g/mol. The molecule has 0 unspecified atom stereocenters. The average Bonchev–Trinajstić information content (AvgIpc) is 2.33. The highest BCUT2D eigenvalue weighted by atomic mass is 16.5. The van der Waals surface area contributed by atoms with E-state index >= 15 is 0 Å². The molecule has 0 radical (unpaired) electrons. The van der Waals surface area contributed by atoms with Crippen LogP contribution in [0.25, 0.3) is 0 Å². The summed E-state index contributed by atoms with van der Waals surface area (Å²) >= 11 is 0. The molecule has 0 aliphatic rings. The monoisotopic (exact) mass is 154 g/mol. The molecule has 62 valence electrons. The standard InChI is InChI=1S/C8H14N2O/c1-4-10-7(2)9-5-8(10)6-11-3/h5H,4,6H2,1-3H3. The second-order valence-electron chi connectivity index (χ2n) is 2.47. The van der Waals surface area contributed by atoms with Gasteiger partial charge in [-0.25, -0.2) is 4.98 Å². The Hall–Kier alpha value is -0.830. The molecule has 0 aromatic carbocycles. The summed E-state index contributed by atoms with van der Waals surface area (Å²) in [7, 11) is 1.70. The molecule has 3 heteroatoms. The molecule has 11 heavy (non-hydrogen) atoms. The lowest BCUT2D eigenvalue weighted by atomic mass is 10.5. The Morgan fingerprint density at radius 2 is 2.36 bits per heavy atom. The highest BCUT2D eigenvalue weighted by Gasteiger charge is 2.02. The summed E-state index contributed by atoms with van der Waals surface area (Å²) in [5.41, 5.74) is 1.15. The lowest BCUT2D eigenvalue weighted by Crippen LogP contribution is -2.03. The zero-order valence-electron chi connectivity index (χ0n) is 7.29. The van der Waals surface area contributed by atoms with E-state index in [9.17, 15) is 0 Å². The van der Waals surface area contributed by atoms with Crippen molar-refractivity contribution in [3.8, 4) is 0 Å². The molecule has 0 aliphatic heterocycles. The van der Waals surface area contributed by atoms with Gasteiger partial charge in [0.05, 0.1) is 18.5 Å². The van der Waals surface area contributed by atoms with Gasteiger partial charge in [-0.2, -0.15) is 0 Å². The second kappa shape index (κ2) is 3.53. The van der Waals surface area contributed by atoms with Gasteiger partial charge in [0, 0.05) is 13.7 Å². The van der Waals surface area contributed by atoms with Crippen LogP contribution < -0.4 is 0 Å². The van der Waals surface area contributed by atoms with Crippen LogP contribution in [0.2, 0.25) is 0 Å². The van der Waals surface area contributed by atoms with Gasteiger partial charge in [-0.05, 0) is 13.8 Å². The summed E-state index contributed by atoms with van der Waals surface area (Å²) in [6, 6.07) is 0. The molecule has 0 saturated heterocycles. The maximum absolute atomic E-state index is 5.02. The quantitative estimate of drug-likeness (QED) is 0.657. The predicted octanol–water partition coefficient (Wildman–Crippen LogP) is 1.36. The Bertz CT molecular complexity index is 230. The van der Waals surface area contributed by atoms with Gasteiger partial charge < -0.3 is 9.30 Å². The van der Waals surface area contributed by atoms with Crippen LogP contribution in [0, 0.1) is 6.92 Å². The second-order valence-corrected chi connectivity index (χ2v) is 2.47. The minimum Gasteiger partial charge on any atom is -0.378 e. The van der Waals surface area contributed by atoms with E-state index in [1.54, 1.807) is 7.11 Å². The molecule has 0 atom stereocenters. The molecule has 1 aromatic rings. The van der Waals surface area contributed by atoms with Crippen molar-refractivity contribution >= 4 is 0 Å². The SMILES string of the molecule is CCn1c(COC)cnc1C. The Balaban J connectivity index is 2.86. The van der Waals surface area contributed by atoms with Crippen LogP contribution in [0.15, 0.2) is 6.20 Å². The van der Waals surface area contributed by atoms with E-state index < -0.39 is 0 Å². The topological polar surface area (TPSA) is 27.1 Å². The van der Waals surface area contributed by atoms with Gasteiger partial charge in [0.25, 0.3) is 0 Å². The first-order valence-corrected chi connectivity index (χ1v) is 3.79. The van der Waals surface area contributed by atoms with Gasteiger partial charge in [-0.1, -0.05) is 0 Å². The summed E-state index contributed by atoms with van der Waals surface area (Å²) in [5, 5.41) is 0. The van der Waals surface area contributed by atoms with E-state index in [4.69, 9.17) is 4.74 Å². The maximum Gasteiger partial charge on any atom is 0.105 e. The van der Waals surface area contributed by atoms with E-state index in [1.165, 1.54) is 0 Å². The number of imidazole rings is 1. The van der Waals surface area contributed by atoms with Crippen molar-refractivity contribution in [2.75, 3.05) is 7.11 Å². The van der Waals surface area contributed by atoms with Crippen LogP contribution in [-0.4, -0.2) is 16.7 Å². The minimum absolute atomic E-state index is 0.648. The number of ether oxygens (including phenoxy) is 1. The zero-order valence-corrected chi connectivity index (χ0v) is 7.29. The van der Waals surface area contributed by atoms with Gasteiger partial charge in [0.15, 0.2) is 0 Å². The molecule has 0 amide bonds. The Morgan fingerprint density at radius 3 is 2.91 bits per heavy atom. The molecular weight excluding hydrogens is 140 g/mol. The van der Waals surface area contributed by atoms with Gasteiger partial charge in [0.1, 0.15) is 5.82 Å². The number of methoxy groups -OCH3 is 1. The molecule has 0 bridgehead atoms. The van der Waals surface area contributed by atoms with Crippen molar-refractivity contribution in [3.05, 3.63) is 17.7 Å². The molecule has 0 fully saturated rings. The predicted molar refractivity (Wildman–Crippen MR) is 43.4 cm³/mol. The first-order valence-electron chi connectivity index (χ1n) is 3.79. The van der Waals surface area contributed by atoms with E-state index in [2.05, 4.69) is 16.5 Å². The fraction of sp³-hybridized carbons (Fsp3) is 0.625. The number of nitrogens with zero attached hydrogens (tertiary/aromatic N) is 2. The molecule has 0 aliphatic carbocycles. The largest absolute Gasteiger partial charge is 0.378 e. The van der Waals surface area contributed by atoms with Crippen molar-refractivity contribution in [2.45, 2.75) is 27.0 Å². The molecule has 3 nitrogen and oxygen atoms in total. The summed E-state index contributed by atoms with van der Waals surface area (Å²) < 4.78 is 7.17. The third-order valence-corrected chi connectivity index (χ3v) is 1.75. The lowest BCUT2D eigenvalue weighted by Gasteiger charge is -2.05. The van der Waals surface area contributed by atoms with Crippen molar-refractivity contribution in [1.29, 1.82) is 0 Å². The first kappa shape index (κ1) is 8.27. The van der Waals surface area contributed by atoms with Crippen LogP contribution in [-0.2, 0) is 17.9 Å². The fourth-order valence-corrected chi connectivity index (χ4v) is 1.21. The van der Waals surface area contributed by atoms with Crippen LogP contribution in [0.1, 0.15) is 18.4 Å². The van der Waals surface area contributed by atoms with Crippen molar-refractivity contribution in [1.82, 2.24) is 9.55 Å². The molecule has 0 saturated carbocycles. The maximum atomic E-state index is 5.02. The first-order chi connectivity index (χ1) is 5.29. The Kier molecular flexibility index (Phi) is 2.65. The minimum atomic E-state index is 0.648. The zero-order chi connectivity index (χ0) is 8.27. The Morgan fingerprint density at radius 1 is 1.64 bits per heavy atom. The van der Waals surface area contributed by atoms with Gasteiger partial charge in [-0.3, -0.25) is 0 Å². The third kappa shape index (κ3) is 1.60. The molecule has 1 aromatic heterocycles. The molecular formula is C8H14N2O. The van der Waals surface area contributed by atoms with Gasteiger partial charge in [0.2, 0.25) is 0 Å². The molecule has 1 heterocycles. The van der Waals surface area contributed by atoms with Crippen molar-refractivity contribution in [2.24, 2.45) is 0 Å². The highest BCUT2D eigenvalue weighted by molar-refractivity contribution is 5.02. The summed E-state index contributed by atoms with van der Waals surface area (Å²) in [4.78, 5) is 4.19. The van der Waals surface area contributed by atoms with Gasteiger partial charge >= 0.3 is 0 Å². The summed E-state index contributed by atoms with van der Waals surface area (Å²) in [6.07, 6.45) is 1.86. The summed E-state index contributed by atoms with van der Waals surface area (Å²) in [5.74, 6) is 1.06. The van der Waals surface area contributed by atoms with E-state index in [0.717, 1.165) is 18.1 Å². The van der Waals surface area contributed by atoms with Crippen LogP contribution in [0.5, 0.6) is 0 Å².